The number of halogens is 1. The lowest BCUT2D eigenvalue weighted by molar-refractivity contribution is 0.102. The molecule has 3 heterocycles. The van der Waals surface area contributed by atoms with Crippen LogP contribution >= 0.6 is 0 Å². The van der Waals surface area contributed by atoms with E-state index in [1.165, 1.54) is 6.07 Å². The Balaban J connectivity index is 1.29. The van der Waals surface area contributed by atoms with E-state index < -0.39 is 5.82 Å². The number of β-amino-alcohol motifs (C(OH)–C–C–N with tert-alkyl or cyclic N) is 1. The first-order chi connectivity index (χ1) is 18.7. The number of carbonyl (C=O) groups is 1. The molecule has 1 amide bonds. The fourth-order valence-electron chi connectivity index (χ4n) is 5.05. The highest BCUT2D eigenvalue weighted by atomic mass is 19.1. The van der Waals surface area contributed by atoms with Crippen LogP contribution in [-0.2, 0) is 13.1 Å². The number of nitrogens with one attached hydrogen (secondary N) is 2. The van der Waals surface area contributed by atoms with Crippen LogP contribution in [0.2, 0.25) is 0 Å². The summed E-state index contributed by atoms with van der Waals surface area (Å²) in [5.41, 5.74) is 5.51. The zero-order valence-electron chi connectivity index (χ0n) is 22.7. The van der Waals surface area contributed by atoms with E-state index in [1.807, 2.05) is 57.0 Å². The van der Waals surface area contributed by atoms with Gasteiger partial charge in [0.05, 0.1) is 24.5 Å². The summed E-state index contributed by atoms with van der Waals surface area (Å²) in [7, 11) is 0. The number of likely N-dealkylation sites (tertiary alicyclic amines) is 1. The van der Waals surface area contributed by atoms with Crippen molar-refractivity contribution in [3.63, 3.8) is 0 Å². The molecule has 4 aromatic rings. The molecule has 204 valence electrons. The number of aliphatic hydroxyl groups excluding tert-OH is 1. The van der Waals surface area contributed by atoms with E-state index in [4.69, 9.17) is 0 Å². The van der Waals surface area contributed by atoms with Crippen molar-refractivity contribution in [3.8, 4) is 0 Å². The number of aryl methyl sites for hydroxylation is 3. The largest absolute Gasteiger partial charge is 0.392 e. The van der Waals surface area contributed by atoms with Crippen molar-refractivity contribution in [2.45, 2.75) is 59.4 Å². The fourth-order valence-corrected chi connectivity index (χ4v) is 5.05. The molecular formula is C29H34FN7O2. The lowest BCUT2D eigenvalue weighted by Gasteiger charge is -2.19. The summed E-state index contributed by atoms with van der Waals surface area (Å²) < 4.78 is 16.8. The number of aromatic nitrogens is 4. The first-order valence-corrected chi connectivity index (χ1v) is 13.3. The second kappa shape index (κ2) is 11.1. The number of anilines is 2. The lowest BCUT2D eigenvalue weighted by Crippen LogP contribution is -2.23. The summed E-state index contributed by atoms with van der Waals surface area (Å²) in [6, 6.07) is 8.58. The summed E-state index contributed by atoms with van der Waals surface area (Å²) in [6.07, 6.45) is 3.89. The van der Waals surface area contributed by atoms with Crippen LogP contribution in [0.5, 0.6) is 0 Å². The maximum absolute atomic E-state index is 15.0. The van der Waals surface area contributed by atoms with Gasteiger partial charge in [0.2, 0.25) is 5.65 Å². The molecular weight excluding hydrogens is 497 g/mol. The van der Waals surface area contributed by atoms with E-state index >= 15 is 4.39 Å². The van der Waals surface area contributed by atoms with Crippen molar-refractivity contribution >= 4 is 28.6 Å². The average molecular weight is 532 g/mol. The summed E-state index contributed by atoms with van der Waals surface area (Å²) in [5.74, 6) is -0.177. The van der Waals surface area contributed by atoms with E-state index in [0.29, 0.717) is 47.8 Å². The van der Waals surface area contributed by atoms with Crippen molar-refractivity contribution in [2.24, 2.45) is 0 Å². The standard InChI is InChI=1S/C29H34FN7O2/c1-5-37-16-26-28(35-37)34-27(13-31-26)32-19(4)23-12-21(7-6-17(23)2)33-29(39)20-10-18(3)24(25(30)11-20)15-36-9-8-22(38)14-36/h6-7,10-13,16,19,22,38H,5,8-9,14-15H2,1-4H3,(H,33,39)(H,32,34,35)/t19-,22+/m0/s1. The predicted molar refractivity (Wildman–Crippen MR) is 149 cm³/mol. The fraction of sp³-hybridized carbons (Fsp3) is 0.379. The zero-order chi connectivity index (χ0) is 27.7. The highest BCUT2D eigenvalue weighted by Crippen LogP contribution is 2.26. The minimum Gasteiger partial charge on any atom is -0.392 e. The summed E-state index contributed by atoms with van der Waals surface area (Å²) >= 11 is 0. The Morgan fingerprint density at radius 1 is 1.23 bits per heavy atom. The Hall–Kier alpha value is -3.89. The van der Waals surface area contributed by atoms with Crippen molar-refractivity contribution < 1.29 is 14.3 Å². The molecule has 0 saturated carbocycles. The highest BCUT2D eigenvalue weighted by Gasteiger charge is 2.23. The second-order valence-electron chi connectivity index (χ2n) is 10.3. The van der Waals surface area contributed by atoms with Crippen LogP contribution in [0.4, 0.5) is 15.9 Å². The van der Waals surface area contributed by atoms with Crippen LogP contribution in [0.3, 0.4) is 0 Å². The Bertz CT molecular complexity index is 1500. The molecule has 1 aliphatic heterocycles. The molecule has 0 spiro atoms. The van der Waals surface area contributed by atoms with Gasteiger partial charge in [0.1, 0.15) is 17.2 Å². The van der Waals surface area contributed by atoms with Crippen LogP contribution < -0.4 is 10.6 Å². The van der Waals surface area contributed by atoms with Gasteiger partial charge in [-0.15, -0.1) is 0 Å². The molecule has 10 heteroatoms. The molecule has 5 rings (SSSR count). The van der Waals surface area contributed by atoms with E-state index in [0.717, 1.165) is 29.7 Å². The predicted octanol–water partition coefficient (Wildman–Crippen LogP) is 4.59. The van der Waals surface area contributed by atoms with Gasteiger partial charge in [-0.3, -0.25) is 14.4 Å². The first kappa shape index (κ1) is 26.7. The van der Waals surface area contributed by atoms with Gasteiger partial charge in [-0.05, 0) is 75.1 Å². The van der Waals surface area contributed by atoms with E-state index in [-0.39, 0.29) is 23.6 Å². The molecule has 0 radical (unpaired) electrons. The van der Waals surface area contributed by atoms with Gasteiger partial charge < -0.3 is 15.7 Å². The SMILES string of the molecule is CCn1cc2ncc(N[C@@H](C)c3cc(NC(=O)c4cc(C)c(CN5CC[C@@H](O)C5)c(F)c4)ccc3C)nc2n1. The summed E-state index contributed by atoms with van der Waals surface area (Å²) in [5, 5.41) is 20.5. The van der Waals surface area contributed by atoms with E-state index in [9.17, 15) is 9.90 Å². The number of fused-ring (bicyclic) bond motifs is 1. The molecule has 0 unspecified atom stereocenters. The number of hydrogen-bond acceptors (Lipinski definition) is 7. The van der Waals surface area contributed by atoms with Crippen molar-refractivity contribution in [3.05, 3.63) is 76.4 Å². The van der Waals surface area contributed by atoms with Crippen molar-refractivity contribution in [1.82, 2.24) is 24.6 Å². The molecule has 9 nitrogen and oxygen atoms in total. The van der Waals surface area contributed by atoms with Gasteiger partial charge >= 0.3 is 0 Å². The summed E-state index contributed by atoms with van der Waals surface area (Å²) in [6.45, 7) is 10.3. The number of amides is 1. The smallest absolute Gasteiger partial charge is 0.255 e. The molecule has 0 bridgehead atoms. The van der Waals surface area contributed by atoms with Gasteiger partial charge in [-0.1, -0.05) is 6.07 Å². The third-order valence-corrected chi connectivity index (χ3v) is 7.28. The van der Waals surface area contributed by atoms with Crippen LogP contribution in [0.25, 0.3) is 11.2 Å². The Kier molecular flexibility index (Phi) is 7.58. The molecule has 1 saturated heterocycles. The number of hydrogen-bond donors (Lipinski definition) is 3. The van der Waals surface area contributed by atoms with Gasteiger partial charge in [-0.25, -0.2) is 14.4 Å². The molecule has 1 aliphatic rings. The molecule has 2 atom stereocenters. The Labute approximate surface area is 227 Å². The number of benzene rings is 2. The molecule has 3 N–H and O–H groups in total. The van der Waals surface area contributed by atoms with Crippen molar-refractivity contribution in [1.29, 1.82) is 0 Å². The highest BCUT2D eigenvalue weighted by molar-refractivity contribution is 6.04. The monoisotopic (exact) mass is 531 g/mol. The number of nitrogens with zero attached hydrogens (tertiary/aromatic N) is 5. The van der Waals surface area contributed by atoms with Crippen LogP contribution in [-0.4, -0.2) is 54.9 Å². The zero-order valence-corrected chi connectivity index (χ0v) is 22.7. The molecule has 39 heavy (non-hydrogen) atoms. The van der Waals surface area contributed by atoms with Gasteiger partial charge in [0, 0.05) is 43.0 Å². The Morgan fingerprint density at radius 2 is 2.05 bits per heavy atom. The molecule has 2 aromatic heterocycles. The van der Waals surface area contributed by atoms with Crippen LogP contribution in [0.15, 0.2) is 42.7 Å². The third-order valence-electron chi connectivity index (χ3n) is 7.28. The topological polar surface area (TPSA) is 108 Å². The van der Waals surface area contributed by atoms with Crippen LogP contribution in [0.1, 0.15) is 58.9 Å². The number of aliphatic hydroxyl groups is 1. The van der Waals surface area contributed by atoms with Crippen molar-refractivity contribution in [2.75, 3.05) is 23.7 Å². The number of rotatable bonds is 8. The first-order valence-electron chi connectivity index (χ1n) is 13.3. The van der Waals surface area contributed by atoms with Crippen LogP contribution in [0, 0.1) is 19.7 Å². The lowest BCUT2D eigenvalue weighted by atomic mass is 10.0. The van der Waals surface area contributed by atoms with Gasteiger partial charge in [-0.2, -0.15) is 5.10 Å². The molecule has 0 aliphatic carbocycles. The minimum absolute atomic E-state index is 0.120. The summed E-state index contributed by atoms with van der Waals surface area (Å²) in [4.78, 5) is 24.1. The second-order valence-corrected chi connectivity index (χ2v) is 10.3. The number of carbonyl (C=O) groups excluding carboxylic acids is 1. The van der Waals surface area contributed by atoms with E-state index in [1.54, 1.807) is 16.9 Å². The third kappa shape index (κ3) is 5.91. The molecule has 2 aromatic carbocycles. The maximum atomic E-state index is 15.0. The van der Waals surface area contributed by atoms with Gasteiger partial charge in [0.15, 0.2) is 0 Å². The average Bonchev–Trinajstić information content (AvgIpc) is 3.52. The maximum Gasteiger partial charge on any atom is 0.255 e. The van der Waals surface area contributed by atoms with Gasteiger partial charge in [0.25, 0.3) is 5.91 Å². The van der Waals surface area contributed by atoms with E-state index in [2.05, 4.69) is 25.7 Å². The molecule has 1 fully saturated rings. The minimum atomic E-state index is -0.411. The normalized spacial score (nSPS) is 16.5. The Morgan fingerprint density at radius 3 is 2.77 bits per heavy atom. The quantitative estimate of drug-likeness (QED) is 0.305.